The molecule has 320 valence electrons. The molecule has 0 spiro atoms. The Morgan fingerprint density at radius 3 is 0.677 bits per heavy atom. The number of unbranched alkanes of at least 4 members (excludes halogenated alkanes) is 1. The molecule has 0 N–H and O–H groups in total. The van der Waals surface area contributed by atoms with E-state index in [0.717, 1.165) is 59.4 Å². The molecule has 0 amide bonds. The van der Waals surface area contributed by atoms with Crippen molar-refractivity contribution in [1.82, 2.24) is 0 Å². The van der Waals surface area contributed by atoms with Crippen LogP contribution in [0.5, 0.6) is 40.2 Å². The number of hydrogen-bond acceptors (Lipinski definition) is 7. The molecule has 7 rings (SSSR count). The largest absolute Gasteiger partial charge is 0.497 e. The van der Waals surface area contributed by atoms with Gasteiger partial charge in [-0.1, -0.05) is 56.2 Å². The summed E-state index contributed by atoms with van der Waals surface area (Å²) in [5, 5.41) is 4.90. The molecule has 0 radical (unpaired) electrons. The predicted molar refractivity (Wildman–Crippen MR) is 261 cm³/mol. The average molecular weight is 849 g/mol. The Labute approximate surface area is 368 Å². The van der Waals surface area contributed by atoms with Gasteiger partial charge in [0.15, 0.2) is 0 Å². The molecule has 0 unspecified atom stereocenters. The van der Waals surface area contributed by atoms with Gasteiger partial charge in [0, 0.05) is 0 Å². The van der Waals surface area contributed by atoms with E-state index in [1.165, 1.54) is 37.6 Å². The Bertz CT molecular complexity index is 2090. The molecule has 0 aliphatic carbocycles. The lowest BCUT2D eigenvalue weighted by molar-refractivity contribution is 0.414. The van der Waals surface area contributed by atoms with Crippen molar-refractivity contribution in [2.24, 2.45) is 0 Å². The maximum absolute atomic E-state index is 5.45. The third-order valence-corrected chi connectivity index (χ3v) is 16.2. The fourth-order valence-electron chi connectivity index (χ4n) is 8.50. The van der Waals surface area contributed by atoms with Gasteiger partial charge in [0.1, 0.15) is 68.7 Å². The second kappa shape index (κ2) is 21.4. The lowest BCUT2D eigenvalue weighted by atomic mass is 9.14. The zero-order chi connectivity index (χ0) is 44.0. The first kappa shape index (κ1) is 45.2. The van der Waals surface area contributed by atoms with Crippen LogP contribution in [0.1, 0.15) is 19.8 Å². The minimum Gasteiger partial charge on any atom is -0.497 e. The fourth-order valence-corrected chi connectivity index (χ4v) is 12.7. The van der Waals surface area contributed by atoms with Crippen LogP contribution >= 0.6 is 7.26 Å². The summed E-state index contributed by atoms with van der Waals surface area (Å²) < 4.78 is 38.0. The van der Waals surface area contributed by atoms with Gasteiger partial charge in [-0.15, -0.1) is 0 Å². The maximum atomic E-state index is 5.45. The number of hydrogen-bond donors (Lipinski definition) is 0. The summed E-state index contributed by atoms with van der Waals surface area (Å²) in [5.41, 5.74) is 3.94. The molecule has 0 atom stereocenters. The molecule has 0 bridgehead atoms. The highest BCUT2D eigenvalue weighted by Gasteiger charge is 2.48. The minimum absolute atomic E-state index is 0.830. The average Bonchev–Trinajstić information content (AvgIpc) is 3.36. The van der Waals surface area contributed by atoms with Crippen LogP contribution in [-0.2, 0) is 0 Å². The Morgan fingerprint density at radius 2 is 0.500 bits per heavy atom. The Balaban J connectivity index is 0.000000209. The van der Waals surface area contributed by atoms with Crippen LogP contribution in [-0.4, -0.2) is 55.9 Å². The smallest absolute Gasteiger partial charge is 0.144 e. The van der Waals surface area contributed by atoms with E-state index in [1.807, 2.05) is 48.5 Å². The SMILES string of the molecule is CCCC[B-](c1ccc(OC)cc1)(c1ccc(OC)cc1)c1ccc(OC)cc1.COc1ccc([P+](c2ccc(OC)cc2)(c2ccc(OC)cc2)c2ccc(OC)cc2)cc1. The number of rotatable bonds is 17. The van der Waals surface area contributed by atoms with Gasteiger partial charge in [0.05, 0.1) is 55.9 Å². The van der Waals surface area contributed by atoms with Crippen molar-refractivity contribution in [2.45, 2.75) is 26.1 Å². The topological polar surface area (TPSA) is 64.6 Å². The minimum atomic E-state index is -2.25. The van der Waals surface area contributed by atoms with Crippen molar-refractivity contribution >= 4 is 51.0 Å². The molecule has 7 aromatic rings. The van der Waals surface area contributed by atoms with E-state index in [4.69, 9.17) is 33.2 Å². The summed E-state index contributed by atoms with van der Waals surface area (Å²) in [4.78, 5) is 0. The van der Waals surface area contributed by atoms with Crippen molar-refractivity contribution in [2.75, 3.05) is 49.8 Å². The van der Waals surface area contributed by atoms with Gasteiger partial charge in [0.25, 0.3) is 0 Å². The third-order valence-electron chi connectivity index (χ3n) is 11.9. The van der Waals surface area contributed by atoms with Crippen molar-refractivity contribution in [3.8, 4) is 40.2 Å². The summed E-state index contributed by atoms with van der Waals surface area (Å²) in [6.45, 7) is 2.25. The van der Waals surface area contributed by atoms with Crippen molar-refractivity contribution in [1.29, 1.82) is 0 Å². The van der Waals surface area contributed by atoms with Gasteiger partial charge in [0.2, 0.25) is 0 Å². The molecule has 7 aromatic carbocycles. The first-order valence-electron chi connectivity index (χ1n) is 20.9. The Morgan fingerprint density at radius 1 is 0.306 bits per heavy atom. The molecular weight excluding hydrogens is 790 g/mol. The first-order valence-corrected chi connectivity index (χ1v) is 22.7. The quantitative estimate of drug-likeness (QED) is 0.0675. The number of ether oxygens (including phenoxy) is 7. The van der Waals surface area contributed by atoms with Gasteiger partial charge in [-0.2, -0.15) is 22.7 Å². The molecule has 0 saturated heterocycles. The first-order chi connectivity index (χ1) is 30.3. The van der Waals surface area contributed by atoms with E-state index in [2.05, 4.69) is 128 Å². The standard InChI is InChI=1S/C28H28O4P.C25H30BO3/c1-29-21-5-13-25(14-6-21)33(26-15-7-22(30-2)8-16-26,27-17-9-23(31-3)10-18-27)28-19-11-24(32-4)12-20-28;1-5-6-19-26(20-7-13-23(27-2)14-8-20,21-9-15-24(28-3)16-10-21)22-11-17-25(29-4)18-12-22/h5-20H,1-4H3;7-18H,5-6,19H2,1-4H3/q+1;-1. The van der Waals surface area contributed by atoms with Gasteiger partial charge >= 0.3 is 0 Å². The molecule has 62 heavy (non-hydrogen) atoms. The Kier molecular flexibility index (Phi) is 15.6. The van der Waals surface area contributed by atoms with E-state index in [-0.39, 0.29) is 0 Å². The molecule has 0 heterocycles. The van der Waals surface area contributed by atoms with Crippen LogP contribution in [0.2, 0.25) is 6.32 Å². The van der Waals surface area contributed by atoms with Gasteiger partial charge < -0.3 is 33.2 Å². The van der Waals surface area contributed by atoms with Crippen LogP contribution in [0, 0.1) is 0 Å². The second-order valence-corrected chi connectivity index (χ2v) is 18.4. The molecule has 0 fully saturated rings. The molecule has 0 saturated carbocycles. The van der Waals surface area contributed by atoms with Crippen LogP contribution in [0.15, 0.2) is 170 Å². The monoisotopic (exact) mass is 848 g/mol. The van der Waals surface area contributed by atoms with Gasteiger partial charge in [-0.05, 0) is 133 Å². The summed E-state index contributed by atoms with van der Waals surface area (Å²) in [7, 11) is 9.62. The zero-order valence-corrected chi connectivity index (χ0v) is 38.1. The summed E-state index contributed by atoms with van der Waals surface area (Å²) >= 11 is 0. The van der Waals surface area contributed by atoms with Crippen LogP contribution in [0.3, 0.4) is 0 Å². The summed E-state index contributed by atoms with van der Waals surface area (Å²) in [5.74, 6) is 5.94. The molecule has 0 aliphatic rings. The van der Waals surface area contributed by atoms with Gasteiger partial charge in [-0.25, -0.2) is 0 Å². The van der Waals surface area contributed by atoms with E-state index < -0.39 is 13.4 Å². The Hall–Kier alpha value is -6.37. The normalized spacial score (nSPS) is 11.1. The van der Waals surface area contributed by atoms with Gasteiger partial charge in [-0.3, -0.25) is 0 Å². The lowest BCUT2D eigenvalue weighted by Gasteiger charge is -2.43. The molecule has 9 heteroatoms. The third kappa shape index (κ3) is 9.57. The lowest BCUT2D eigenvalue weighted by Crippen LogP contribution is -2.66. The zero-order valence-electron chi connectivity index (χ0n) is 37.2. The fraction of sp³-hybridized carbons (Fsp3) is 0.208. The number of methoxy groups -OCH3 is 7. The molecule has 0 aliphatic heterocycles. The van der Waals surface area contributed by atoms with E-state index in [0.29, 0.717) is 0 Å². The van der Waals surface area contributed by atoms with E-state index in [1.54, 1.807) is 49.8 Å². The van der Waals surface area contributed by atoms with E-state index in [9.17, 15) is 0 Å². The molecule has 7 nitrogen and oxygen atoms in total. The predicted octanol–water partition coefficient (Wildman–Crippen LogP) is 8.32. The highest BCUT2D eigenvalue weighted by Crippen LogP contribution is 2.55. The molecule has 0 aromatic heterocycles. The van der Waals surface area contributed by atoms with E-state index >= 15 is 0 Å². The maximum Gasteiger partial charge on any atom is 0.144 e. The highest BCUT2D eigenvalue weighted by molar-refractivity contribution is 8.01. The molecular formula is C53H58BO7P. The summed E-state index contributed by atoms with van der Waals surface area (Å²) in [6, 6.07) is 59.2. The summed E-state index contributed by atoms with van der Waals surface area (Å²) in [6.07, 6.45) is 2.22. The van der Waals surface area contributed by atoms with Crippen LogP contribution in [0.25, 0.3) is 0 Å². The van der Waals surface area contributed by atoms with Crippen molar-refractivity contribution in [3.63, 3.8) is 0 Å². The van der Waals surface area contributed by atoms with Crippen LogP contribution in [0.4, 0.5) is 0 Å². The highest BCUT2D eigenvalue weighted by atomic mass is 31.2. The van der Waals surface area contributed by atoms with Crippen molar-refractivity contribution < 1.29 is 33.2 Å². The van der Waals surface area contributed by atoms with Crippen LogP contribution < -0.4 is 70.8 Å². The number of benzene rings is 7. The van der Waals surface area contributed by atoms with Crippen molar-refractivity contribution in [3.05, 3.63) is 170 Å². The second-order valence-electron chi connectivity index (χ2n) is 15.0.